The predicted octanol–water partition coefficient (Wildman–Crippen LogP) is 5.16. The Balaban J connectivity index is 1.56. The zero-order valence-electron chi connectivity index (χ0n) is 26.6. The van der Waals surface area contributed by atoms with Gasteiger partial charge in [0.25, 0.3) is 0 Å². The molecule has 7 nitrogen and oxygen atoms in total. The van der Waals surface area contributed by atoms with E-state index in [4.69, 9.17) is 4.74 Å². The van der Waals surface area contributed by atoms with Gasteiger partial charge in [0.1, 0.15) is 0 Å². The standard InChI is InChI=1S/C36H51NO6S/c1-24-6-4-15-35(3)32(14-16-36(35,42)23-37(20-28(40)22-38)21-29-7-5-17-43-29)30-12-10-26(18-27(39)11-8-24)19-31(30)34(41)33-13-9-25(2)44-33/h6,9-10,12-13,19,27-29,32,38-40,42H,4-5,7-8,11,14-18,20-23H2,1-3H3. The van der Waals surface area contributed by atoms with Crippen LogP contribution in [0.3, 0.4) is 0 Å². The average Bonchev–Trinajstić information content (AvgIpc) is 3.72. The molecule has 1 saturated carbocycles. The van der Waals surface area contributed by atoms with E-state index < -0.39 is 23.2 Å². The van der Waals surface area contributed by atoms with Crippen LogP contribution in [0.15, 0.2) is 42.0 Å². The topological polar surface area (TPSA) is 110 Å². The van der Waals surface area contributed by atoms with Crippen molar-refractivity contribution in [1.29, 1.82) is 0 Å². The van der Waals surface area contributed by atoms with Gasteiger partial charge in [-0.1, -0.05) is 30.7 Å². The number of aryl methyl sites for hydroxylation is 1. The maximum atomic E-state index is 14.1. The van der Waals surface area contributed by atoms with E-state index in [1.54, 1.807) is 0 Å². The Morgan fingerprint density at radius 3 is 2.68 bits per heavy atom. The molecule has 2 bridgehead atoms. The summed E-state index contributed by atoms with van der Waals surface area (Å²) in [6, 6.07) is 10.0. The first kappa shape index (κ1) is 33.5. The van der Waals surface area contributed by atoms with Gasteiger partial charge in [-0.15, -0.1) is 11.3 Å². The fourth-order valence-corrected chi connectivity index (χ4v) is 8.71. The number of hydrogen-bond acceptors (Lipinski definition) is 8. The Morgan fingerprint density at radius 2 is 1.98 bits per heavy atom. The van der Waals surface area contributed by atoms with Crippen molar-refractivity contribution in [3.8, 4) is 0 Å². The Bertz CT molecular complexity index is 1320. The summed E-state index contributed by atoms with van der Waals surface area (Å²) in [5, 5.41) is 43.7. The molecule has 8 heteroatoms. The Labute approximate surface area is 266 Å². The van der Waals surface area contributed by atoms with E-state index in [2.05, 4.69) is 37.0 Å². The lowest BCUT2D eigenvalue weighted by molar-refractivity contribution is -0.0945. The van der Waals surface area contributed by atoms with Gasteiger partial charge in [-0.05, 0) is 107 Å². The van der Waals surface area contributed by atoms with Crippen molar-refractivity contribution in [1.82, 2.24) is 4.90 Å². The highest BCUT2D eigenvalue weighted by atomic mass is 32.1. The second-order valence-corrected chi connectivity index (χ2v) is 15.1. The predicted molar refractivity (Wildman–Crippen MR) is 174 cm³/mol. The van der Waals surface area contributed by atoms with Gasteiger partial charge in [0.05, 0.1) is 35.4 Å². The number of benzene rings is 1. The zero-order valence-corrected chi connectivity index (χ0v) is 27.5. The van der Waals surface area contributed by atoms with E-state index in [9.17, 15) is 25.2 Å². The van der Waals surface area contributed by atoms with Gasteiger partial charge in [0.2, 0.25) is 5.78 Å². The van der Waals surface area contributed by atoms with Crippen LogP contribution in [0.4, 0.5) is 0 Å². The van der Waals surface area contributed by atoms with Crippen LogP contribution in [0.25, 0.3) is 0 Å². The number of hydrogen-bond donors (Lipinski definition) is 4. The summed E-state index contributed by atoms with van der Waals surface area (Å²) in [4.78, 5) is 18.0. The molecule has 1 aromatic heterocycles. The van der Waals surface area contributed by atoms with Crippen molar-refractivity contribution in [2.45, 2.75) is 108 Å². The minimum absolute atomic E-state index is 0.00106. The van der Waals surface area contributed by atoms with E-state index in [-0.39, 0.29) is 31.0 Å². The van der Waals surface area contributed by atoms with Gasteiger partial charge < -0.3 is 25.2 Å². The maximum absolute atomic E-state index is 14.1. The number of carbonyl (C=O) groups excluding carboxylic acids is 1. The number of nitrogens with zero attached hydrogens (tertiary/aromatic N) is 1. The van der Waals surface area contributed by atoms with Gasteiger partial charge >= 0.3 is 0 Å². The number of allylic oxidation sites excluding steroid dienone is 2. The van der Waals surface area contributed by atoms with Crippen molar-refractivity contribution in [3.63, 3.8) is 0 Å². The molecule has 0 radical (unpaired) electrons. The molecule has 4 N–H and O–H groups in total. The summed E-state index contributed by atoms with van der Waals surface area (Å²) in [6.07, 6.45) is 7.65. The van der Waals surface area contributed by atoms with Gasteiger partial charge in [0, 0.05) is 42.1 Å². The van der Waals surface area contributed by atoms with Crippen molar-refractivity contribution in [2.75, 3.05) is 32.8 Å². The van der Waals surface area contributed by atoms with E-state index in [1.165, 1.54) is 16.9 Å². The molecule has 44 heavy (non-hydrogen) atoms. The summed E-state index contributed by atoms with van der Waals surface area (Å²) < 4.78 is 5.93. The lowest BCUT2D eigenvalue weighted by Crippen LogP contribution is -2.55. The number of thiophene rings is 1. The van der Waals surface area contributed by atoms with E-state index in [0.717, 1.165) is 61.1 Å². The summed E-state index contributed by atoms with van der Waals surface area (Å²) in [7, 11) is 0. The van der Waals surface area contributed by atoms with Crippen LogP contribution < -0.4 is 0 Å². The molecule has 6 unspecified atom stereocenters. The molecule has 6 rings (SSSR count). The molecule has 1 aliphatic heterocycles. The van der Waals surface area contributed by atoms with Gasteiger partial charge in [-0.25, -0.2) is 0 Å². The molecule has 6 atom stereocenters. The van der Waals surface area contributed by atoms with E-state index in [0.29, 0.717) is 42.8 Å². The SMILES string of the molecule is CC1=CCCC2(C)C(CCC2(O)CN(CC(O)CO)CC2CCCO2)c2ccc(cc2C(=O)c2ccc(C)s2)CC(O)CC1. The van der Waals surface area contributed by atoms with Gasteiger partial charge in [-0.2, -0.15) is 0 Å². The van der Waals surface area contributed by atoms with Crippen LogP contribution in [-0.4, -0.2) is 87.9 Å². The van der Waals surface area contributed by atoms with Gasteiger partial charge in [0.15, 0.2) is 0 Å². The first-order valence-electron chi connectivity index (χ1n) is 16.4. The van der Waals surface area contributed by atoms with E-state index >= 15 is 0 Å². The molecule has 0 spiro atoms. The zero-order chi connectivity index (χ0) is 31.5. The third-order valence-corrected chi connectivity index (χ3v) is 11.5. The number of rotatable bonds is 9. The fraction of sp³-hybridized carbons (Fsp3) is 0.639. The van der Waals surface area contributed by atoms with Crippen molar-refractivity contribution in [3.05, 3.63) is 68.4 Å². The minimum atomic E-state index is -1.08. The molecular weight excluding hydrogens is 574 g/mol. The molecule has 1 aromatic carbocycles. The second-order valence-electron chi connectivity index (χ2n) is 13.9. The smallest absolute Gasteiger partial charge is 0.203 e. The van der Waals surface area contributed by atoms with Crippen molar-refractivity contribution in [2.24, 2.45) is 5.41 Å². The number of carbonyl (C=O) groups is 1. The highest BCUT2D eigenvalue weighted by Crippen LogP contribution is 2.59. The van der Waals surface area contributed by atoms with Crippen LogP contribution in [0.5, 0.6) is 0 Å². The fourth-order valence-electron chi connectivity index (χ4n) is 7.89. The normalized spacial score (nSPS) is 30.3. The number of ether oxygens (including phenoxy) is 1. The first-order chi connectivity index (χ1) is 21.0. The Kier molecular flexibility index (Phi) is 10.8. The molecule has 242 valence electrons. The first-order valence-corrected chi connectivity index (χ1v) is 17.3. The number of ketones is 1. The second kappa shape index (κ2) is 14.2. The Morgan fingerprint density at radius 1 is 1.16 bits per heavy atom. The van der Waals surface area contributed by atoms with Crippen LogP contribution in [0, 0.1) is 12.3 Å². The quantitative estimate of drug-likeness (QED) is 0.225. The summed E-state index contributed by atoms with van der Waals surface area (Å²) in [6.45, 7) is 7.92. The Hall–Kier alpha value is -1.91. The molecule has 4 aliphatic rings. The number of fused-ring (bicyclic) bond motifs is 8. The number of aliphatic hydroxyl groups excluding tert-OH is 3. The lowest BCUT2D eigenvalue weighted by atomic mass is 9.64. The number of aliphatic hydroxyl groups is 4. The molecular formula is C36H51NO6S. The minimum Gasteiger partial charge on any atom is -0.394 e. The van der Waals surface area contributed by atoms with Crippen LogP contribution >= 0.6 is 11.3 Å². The highest BCUT2D eigenvalue weighted by Gasteiger charge is 2.57. The van der Waals surface area contributed by atoms with Gasteiger partial charge in [-0.3, -0.25) is 9.69 Å². The summed E-state index contributed by atoms with van der Waals surface area (Å²) >= 11 is 1.50. The summed E-state index contributed by atoms with van der Waals surface area (Å²) in [5.41, 5.74) is 2.19. The maximum Gasteiger partial charge on any atom is 0.203 e. The summed E-state index contributed by atoms with van der Waals surface area (Å²) in [5.74, 6) is -0.0587. The largest absolute Gasteiger partial charge is 0.394 e. The molecule has 2 aromatic rings. The van der Waals surface area contributed by atoms with Crippen molar-refractivity contribution >= 4 is 17.1 Å². The third-order valence-electron chi connectivity index (χ3n) is 10.5. The molecule has 2 heterocycles. The monoisotopic (exact) mass is 625 g/mol. The molecule has 1 saturated heterocycles. The highest BCUT2D eigenvalue weighted by molar-refractivity contribution is 7.14. The van der Waals surface area contributed by atoms with E-state index in [1.807, 2.05) is 25.1 Å². The lowest BCUT2D eigenvalue weighted by Gasteiger charge is -2.46. The third kappa shape index (κ3) is 7.38. The van der Waals surface area contributed by atoms with Crippen LogP contribution in [-0.2, 0) is 11.2 Å². The average molecular weight is 626 g/mol. The van der Waals surface area contributed by atoms with Crippen LogP contribution in [0.2, 0.25) is 0 Å². The van der Waals surface area contributed by atoms with Crippen molar-refractivity contribution < 1.29 is 30.0 Å². The van der Waals surface area contributed by atoms with Crippen LogP contribution in [0.1, 0.15) is 102 Å². The molecule has 0 amide bonds. The molecule has 3 aliphatic carbocycles. The molecule has 2 fully saturated rings.